The number of nitrogens with zero attached hydrogens (tertiary/aromatic N) is 4. The van der Waals surface area contributed by atoms with E-state index in [0.29, 0.717) is 35.9 Å². The highest BCUT2D eigenvalue weighted by atomic mass is 35.5. The van der Waals surface area contributed by atoms with Gasteiger partial charge in [-0.15, -0.1) is 0 Å². The van der Waals surface area contributed by atoms with Gasteiger partial charge >= 0.3 is 0 Å². The van der Waals surface area contributed by atoms with Crippen molar-refractivity contribution in [1.82, 2.24) is 24.8 Å². The van der Waals surface area contributed by atoms with E-state index in [1.165, 1.54) is 6.33 Å². The van der Waals surface area contributed by atoms with Gasteiger partial charge in [0.2, 0.25) is 0 Å². The molecule has 26 heavy (non-hydrogen) atoms. The number of aromatic hydroxyl groups is 1. The normalized spacial score (nSPS) is 14.2. The van der Waals surface area contributed by atoms with Crippen LogP contribution in [0.25, 0.3) is 11.4 Å². The molecule has 0 bridgehead atoms. The minimum atomic E-state index is -0.110. The van der Waals surface area contributed by atoms with Gasteiger partial charge in [0.05, 0.1) is 16.3 Å². The molecule has 8 heteroatoms. The smallest absolute Gasteiger partial charge is 0.254 e. The Balaban J connectivity index is 1.60. The van der Waals surface area contributed by atoms with Crippen LogP contribution in [0.1, 0.15) is 16.8 Å². The number of rotatable bonds is 3. The quantitative estimate of drug-likeness (QED) is 0.734. The second kappa shape index (κ2) is 6.86. The van der Waals surface area contributed by atoms with Crippen molar-refractivity contribution in [2.45, 2.75) is 19.5 Å². The van der Waals surface area contributed by atoms with E-state index in [-0.39, 0.29) is 11.3 Å². The molecule has 3 aromatic rings. The molecule has 1 aliphatic heterocycles. The Morgan fingerprint density at radius 3 is 2.85 bits per heavy atom. The Morgan fingerprint density at radius 2 is 2.08 bits per heavy atom. The average molecular weight is 370 g/mol. The summed E-state index contributed by atoms with van der Waals surface area (Å²) < 4.78 is 0. The van der Waals surface area contributed by atoms with Gasteiger partial charge in [0.25, 0.3) is 5.56 Å². The summed E-state index contributed by atoms with van der Waals surface area (Å²) in [7, 11) is 0. The van der Waals surface area contributed by atoms with Gasteiger partial charge in [-0.05, 0) is 24.1 Å². The number of phenols is 1. The first-order valence-corrected chi connectivity index (χ1v) is 8.55. The molecule has 0 spiro atoms. The molecule has 0 radical (unpaired) electrons. The number of nitrogens with one attached hydrogen (secondary N) is 1. The minimum absolute atomic E-state index is 0.0716. The molecule has 0 unspecified atom stereocenters. The fourth-order valence-electron chi connectivity index (χ4n) is 3.09. The molecule has 0 saturated carbocycles. The number of H-pyrrole nitrogens is 1. The average Bonchev–Trinajstić information content (AvgIpc) is 2.65. The highest BCUT2D eigenvalue weighted by Gasteiger charge is 2.21. The number of phenolic OH excluding ortho intramolecular Hbond substituents is 1. The maximum absolute atomic E-state index is 12.4. The third kappa shape index (κ3) is 3.31. The fraction of sp³-hybridized carbons (Fsp3) is 0.222. The van der Waals surface area contributed by atoms with Crippen LogP contribution in [0, 0.1) is 0 Å². The summed E-state index contributed by atoms with van der Waals surface area (Å²) in [6, 6.07) is 5.19. The molecule has 0 aliphatic carbocycles. The zero-order valence-electron chi connectivity index (χ0n) is 13.8. The summed E-state index contributed by atoms with van der Waals surface area (Å²) >= 11 is 5.98. The maximum Gasteiger partial charge on any atom is 0.254 e. The van der Waals surface area contributed by atoms with Gasteiger partial charge in [0.1, 0.15) is 17.9 Å². The van der Waals surface area contributed by atoms with Crippen LogP contribution >= 0.6 is 11.6 Å². The lowest BCUT2D eigenvalue weighted by Gasteiger charge is -2.27. The van der Waals surface area contributed by atoms with Gasteiger partial charge in [-0.1, -0.05) is 17.7 Å². The summed E-state index contributed by atoms with van der Waals surface area (Å²) in [6.45, 7) is 1.99. The Bertz CT molecular complexity index is 1010. The van der Waals surface area contributed by atoms with Crippen LogP contribution in [-0.4, -0.2) is 36.5 Å². The first-order valence-electron chi connectivity index (χ1n) is 8.17. The molecule has 132 valence electrons. The molecule has 4 rings (SSSR count). The summed E-state index contributed by atoms with van der Waals surface area (Å²) in [5, 5.41) is 9.88. The predicted molar refractivity (Wildman–Crippen MR) is 96.8 cm³/mol. The van der Waals surface area contributed by atoms with Crippen LogP contribution in [-0.2, 0) is 19.5 Å². The molecule has 7 nitrogen and oxygen atoms in total. The van der Waals surface area contributed by atoms with E-state index in [0.717, 1.165) is 23.4 Å². The number of fused-ring (bicyclic) bond motifs is 1. The monoisotopic (exact) mass is 369 g/mol. The second-order valence-electron chi connectivity index (χ2n) is 6.21. The molecule has 0 saturated heterocycles. The molecule has 0 amide bonds. The Morgan fingerprint density at radius 1 is 1.27 bits per heavy atom. The van der Waals surface area contributed by atoms with Crippen LogP contribution < -0.4 is 5.56 Å². The van der Waals surface area contributed by atoms with Gasteiger partial charge in [0.15, 0.2) is 0 Å². The molecule has 1 aliphatic rings. The van der Waals surface area contributed by atoms with Gasteiger partial charge in [-0.3, -0.25) is 9.69 Å². The Labute approximate surface area is 154 Å². The van der Waals surface area contributed by atoms with Gasteiger partial charge in [-0.2, -0.15) is 0 Å². The fourth-order valence-corrected chi connectivity index (χ4v) is 3.30. The van der Waals surface area contributed by atoms with Crippen LogP contribution in [0.5, 0.6) is 5.75 Å². The molecular weight excluding hydrogens is 354 g/mol. The van der Waals surface area contributed by atoms with Crippen molar-refractivity contribution in [3.05, 3.63) is 69.1 Å². The summed E-state index contributed by atoms with van der Waals surface area (Å²) in [4.78, 5) is 30.0. The number of benzene rings is 1. The van der Waals surface area contributed by atoms with Crippen molar-refractivity contribution in [2.75, 3.05) is 6.54 Å². The van der Waals surface area contributed by atoms with E-state index in [9.17, 15) is 9.90 Å². The van der Waals surface area contributed by atoms with Crippen LogP contribution in [0.15, 0.2) is 41.7 Å². The summed E-state index contributed by atoms with van der Waals surface area (Å²) in [6.07, 6.45) is 5.31. The third-order valence-electron chi connectivity index (χ3n) is 4.40. The molecular formula is C18H16ClN5O2. The second-order valence-corrected chi connectivity index (χ2v) is 6.62. The van der Waals surface area contributed by atoms with Gasteiger partial charge < -0.3 is 10.1 Å². The number of halogens is 1. The van der Waals surface area contributed by atoms with Crippen molar-refractivity contribution in [3.63, 3.8) is 0 Å². The zero-order valence-corrected chi connectivity index (χ0v) is 14.6. The first-order chi connectivity index (χ1) is 12.6. The number of hydrogen-bond acceptors (Lipinski definition) is 6. The van der Waals surface area contributed by atoms with Crippen LogP contribution in [0.4, 0.5) is 0 Å². The van der Waals surface area contributed by atoms with Gasteiger partial charge in [-0.25, -0.2) is 15.0 Å². The van der Waals surface area contributed by atoms with Crippen molar-refractivity contribution in [1.29, 1.82) is 0 Å². The van der Waals surface area contributed by atoms with Crippen molar-refractivity contribution >= 4 is 11.6 Å². The van der Waals surface area contributed by atoms with E-state index in [1.807, 2.05) is 6.07 Å². The molecule has 0 fully saturated rings. The third-order valence-corrected chi connectivity index (χ3v) is 4.71. The summed E-state index contributed by atoms with van der Waals surface area (Å²) in [5.74, 6) is 0.547. The summed E-state index contributed by atoms with van der Waals surface area (Å²) in [5.41, 5.74) is 3.06. The lowest BCUT2D eigenvalue weighted by molar-refractivity contribution is 0.240. The highest BCUT2D eigenvalue weighted by Crippen LogP contribution is 2.25. The van der Waals surface area contributed by atoms with Crippen LogP contribution in [0.2, 0.25) is 5.02 Å². The Hall–Kier alpha value is -2.77. The lowest BCUT2D eigenvalue weighted by atomic mass is 10.1. The molecule has 2 N–H and O–H groups in total. The number of aromatic amines is 1. The van der Waals surface area contributed by atoms with E-state index in [4.69, 9.17) is 11.6 Å². The van der Waals surface area contributed by atoms with Crippen molar-refractivity contribution in [3.8, 4) is 17.1 Å². The zero-order chi connectivity index (χ0) is 18.1. The van der Waals surface area contributed by atoms with E-state index >= 15 is 0 Å². The highest BCUT2D eigenvalue weighted by molar-refractivity contribution is 6.32. The lowest BCUT2D eigenvalue weighted by Crippen LogP contribution is -2.35. The standard InChI is InChI=1S/C18H16ClN5O2/c19-14-5-11(1-2-16(14)25)8-24-4-3-13-15(9-24)22-17(23-18(13)26)12-6-20-10-21-7-12/h1-2,5-7,10,25H,3-4,8-9H2,(H,22,23,26). The number of hydrogen-bond donors (Lipinski definition) is 2. The SMILES string of the molecule is O=c1[nH]c(-c2cncnc2)nc2c1CCN(Cc1ccc(O)c(Cl)c1)C2. The molecule has 2 aromatic heterocycles. The maximum atomic E-state index is 12.4. The Kier molecular flexibility index (Phi) is 4.40. The predicted octanol–water partition coefficient (Wildman–Crippen LogP) is 2.14. The molecule has 3 heterocycles. The molecule has 0 atom stereocenters. The number of aromatic nitrogens is 4. The largest absolute Gasteiger partial charge is 0.506 e. The van der Waals surface area contributed by atoms with Crippen molar-refractivity contribution in [2.24, 2.45) is 0 Å². The van der Waals surface area contributed by atoms with E-state index in [2.05, 4.69) is 24.8 Å². The van der Waals surface area contributed by atoms with Crippen molar-refractivity contribution < 1.29 is 5.11 Å². The van der Waals surface area contributed by atoms with Crippen LogP contribution in [0.3, 0.4) is 0 Å². The minimum Gasteiger partial charge on any atom is -0.506 e. The van der Waals surface area contributed by atoms with Gasteiger partial charge in [0, 0.05) is 37.6 Å². The molecule has 1 aromatic carbocycles. The van der Waals surface area contributed by atoms with E-state index < -0.39 is 0 Å². The van der Waals surface area contributed by atoms with E-state index in [1.54, 1.807) is 24.5 Å². The first kappa shape index (κ1) is 16.7. The topological polar surface area (TPSA) is 95.0 Å².